The highest BCUT2D eigenvalue weighted by Gasteiger charge is 2.28. The topological polar surface area (TPSA) is 75.4 Å². The summed E-state index contributed by atoms with van der Waals surface area (Å²) in [6.45, 7) is 4.31. The highest BCUT2D eigenvalue weighted by Crippen LogP contribution is 2.26. The van der Waals surface area contributed by atoms with Gasteiger partial charge in [-0.25, -0.2) is 5.84 Å². The zero-order valence-electron chi connectivity index (χ0n) is 9.93. The van der Waals surface area contributed by atoms with Crippen LogP contribution < -0.4 is 16.2 Å². The van der Waals surface area contributed by atoms with Crippen molar-refractivity contribution in [2.75, 3.05) is 11.4 Å². The first kappa shape index (κ1) is 12.3. The molecule has 1 saturated heterocycles. The van der Waals surface area contributed by atoms with Crippen molar-refractivity contribution < 1.29 is 9.59 Å². The van der Waals surface area contributed by atoms with Crippen molar-refractivity contribution in [3.63, 3.8) is 0 Å². The van der Waals surface area contributed by atoms with Crippen LogP contribution in [0.1, 0.15) is 16.8 Å². The van der Waals surface area contributed by atoms with Crippen molar-refractivity contribution in [1.82, 2.24) is 5.43 Å². The Hall–Kier alpha value is -2.14. The van der Waals surface area contributed by atoms with E-state index in [4.69, 9.17) is 5.84 Å². The molecule has 94 valence electrons. The second kappa shape index (κ2) is 5.01. The Labute approximate surface area is 105 Å². The van der Waals surface area contributed by atoms with E-state index < -0.39 is 0 Å². The molecule has 0 spiro atoms. The van der Waals surface area contributed by atoms with Gasteiger partial charge in [-0.1, -0.05) is 12.1 Å². The average Bonchev–Trinajstić information content (AvgIpc) is 2.79. The Kier molecular flexibility index (Phi) is 3.43. The molecule has 1 atom stereocenters. The van der Waals surface area contributed by atoms with Gasteiger partial charge in [-0.05, 0) is 18.2 Å². The number of nitrogens with one attached hydrogen (secondary N) is 1. The number of rotatable bonds is 3. The van der Waals surface area contributed by atoms with E-state index in [0.717, 1.165) is 0 Å². The first-order valence-electron chi connectivity index (χ1n) is 5.69. The third-order valence-corrected chi connectivity index (χ3v) is 3.04. The number of amides is 2. The van der Waals surface area contributed by atoms with Gasteiger partial charge in [-0.2, -0.15) is 0 Å². The molecule has 0 bridgehead atoms. The minimum Gasteiger partial charge on any atom is -0.312 e. The van der Waals surface area contributed by atoms with Crippen molar-refractivity contribution in [3.8, 4) is 0 Å². The van der Waals surface area contributed by atoms with Crippen LogP contribution in [0, 0.1) is 5.92 Å². The van der Waals surface area contributed by atoms with E-state index in [0.29, 0.717) is 24.2 Å². The number of carbonyl (C=O) groups is 2. The van der Waals surface area contributed by atoms with Crippen LogP contribution in [-0.2, 0) is 4.79 Å². The Bertz CT molecular complexity index is 499. The Morgan fingerprint density at radius 1 is 1.56 bits per heavy atom. The van der Waals surface area contributed by atoms with Crippen LogP contribution >= 0.6 is 0 Å². The molecule has 0 radical (unpaired) electrons. The van der Waals surface area contributed by atoms with Crippen molar-refractivity contribution in [2.45, 2.75) is 6.42 Å². The van der Waals surface area contributed by atoms with Crippen LogP contribution in [0.5, 0.6) is 0 Å². The number of nitrogens with two attached hydrogens (primary N) is 1. The van der Waals surface area contributed by atoms with Gasteiger partial charge >= 0.3 is 0 Å². The molecule has 1 aromatic rings. The average molecular weight is 245 g/mol. The maximum Gasteiger partial charge on any atom is 0.265 e. The Morgan fingerprint density at radius 2 is 2.33 bits per heavy atom. The summed E-state index contributed by atoms with van der Waals surface area (Å²) in [6, 6.07) is 6.84. The van der Waals surface area contributed by atoms with Gasteiger partial charge in [0.05, 0.1) is 0 Å². The summed E-state index contributed by atoms with van der Waals surface area (Å²) >= 11 is 0. The maximum atomic E-state index is 11.8. The Balaban J connectivity index is 2.26. The SMILES string of the molecule is C=CC1CC(=O)N(c2cccc(C(=O)NN)c2)C1. The summed E-state index contributed by atoms with van der Waals surface area (Å²) in [5.41, 5.74) is 3.22. The van der Waals surface area contributed by atoms with Gasteiger partial charge in [0, 0.05) is 30.1 Å². The molecule has 0 saturated carbocycles. The molecule has 2 amide bonds. The number of hydrazine groups is 1. The van der Waals surface area contributed by atoms with Gasteiger partial charge in [-0.3, -0.25) is 15.0 Å². The summed E-state index contributed by atoms with van der Waals surface area (Å²) in [7, 11) is 0. The molecule has 1 aliphatic rings. The van der Waals surface area contributed by atoms with Crippen LogP contribution in [0.15, 0.2) is 36.9 Å². The molecule has 0 aliphatic carbocycles. The normalized spacial score (nSPS) is 18.8. The van der Waals surface area contributed by atoms with Gasteiger partial charge < -0.3 is 4.90 Å². The molecule has 5 nitrogen and oxygen atoms in total. The smallest absolute Gasteiger partial charge is 0.265 e. The molecule has 1 unspecified atom stereocenters. The number of nitrogens with zero attached hydrogens (tertiary/aromatic N) is 1. The second-order valence-corrected chi connectivity index (χ2v) is 4.23. The van der Waals surface area contributed by atoms with E-state index >= 15 is 0 Å². The number of carbonyl (C=O) groups excluding carboxylic acids is 2. The van der Waals surface area contributed by atoms with Crippen molar-refractivity contribution in [2.24, 2.45) is 11.8 Å². The lowest BCUT2D eigenvalue weighted by molar-refractivity contribution is -0.117. The summed E-state index contributed by atoms with van der Waals surface area (Å²) in [5.74, 6) is 4.93. The zero-order valence-corrected chi connectivity index (χ0v) is 9.93. The summed E-state index contributed by atoms with van der Waals surface area (Å²) in [5, 5.41) is 0. The van der Waals surface area contributed by atoms with E-state index in [2.05, 4.69) is 12.0 Å². The van der Waals surface area contributed by atoms with E-state index in [1.165, 1.54) is 0 Å². The Morgan fingerprint density at radius 3 is 2.94 bits per heavy atom. The van der Waals surface area contributed by atoms with Gasteiger partial charge in [0.1, 0.15) is 0 Å². The van der Waals surface area contributed by atoms with Gasteiger partial charge in [0.2, 0.25) is 5.91 Å². The maximum absolute atomic E-state index is 11.8. The lowest BCUT2D eigenvalue weighted by atomic mass is 10.1. The molecule has 5 heteroatoms. The summed E-state index contributed by atoms with van der Waals surface area (Å²) < 4.78 is 0. The third kappa shape index (κ3) is 2.26. The number of benzene rings is 1. The fourth-order valence-electron chi connectivity index (χ4n) is 2.04. The lowest BCUT2D eigenvalue weighted by Gasteiger charge is -2.16. The molecule has 2 rings (SSSR count). The van der Waals surface area contributed by atoms with Crippen LogP contribution in [-0.4, -0.2) is 18.4 Å². The molecule has 1 fully saturated rings. The van der Waals surface area contributed by atoms with E-state index in [9.17, 15) is 9.59 Å². The summed E-state index contributed by atoms with van der Waals surface area (Å²) in [6.07, 6.45) is 2.26. The highest BCUT2D eigenvalue weighted by atomic mass is 16.2. The quantitative estimate of drug-likeness (QED) is 0.358. The van der Waals surface area contributed by atoms with Crippen LogP contribution in [0.2, 0.25) is 0 Å². The third-order valence-electron chi connectivity index (χ3n) is 3.04. The van der Waals surface area contributed by atoms with Crippen LogP contribution in [0.4, 0.5) is 5.69 Å². The van der Waals surface area contributed by atoms with E-state index in [1.54, 1.807) is 35.2 Å². The molecule has 0 aromatic heterocycles. The number of hydrogen-bond acceptors (Lipinski definition) is 3. The predicted molar refractivity (Wildman–Crippen MR) is 68.8 cm³/mol. The van der Waals surface area contributed by atoms with Crippen molar-refractivity contribution >= 4 is 17.5 Å². The van der Waals surface area contributed by atoms with Gasteiger partial charge in [-0.15, -0.1) is 6.58 Å². The molecular weight excluding hydrogens is 230 g/mol. The molecular formula is C13H15N3O2. The first-order valence-corrected chi connectivity index (χ1v) is 5.69. The molecule has 1 heterocycles. The molecule has 1 aliphatic heterocycles. The first-order chi connectivity index (χ1) is 8.65. The van der Waals surface area contributed by atoms with Crippen LogP contribution in [0.25, 0.3) is 0 Å². The number of hydrogen-bond donors (Lipinski definition) is 2. The van der Waals surface area contributed by atoms with Crippen molar-refractivity contribution in [1.29, 1.82) is 0 Å². The van der Waals surface area contributed by atoms with E-state index in [-0.39, 0.29) is 17.7 Å². The lowest BCUT2D eigenvalue weighted by Crippen LogP contribution is -2.30. The number of anilines is 1. The fraction of sp³-hybridized carbons (Fsp3) is 0.231. The minimum atomic E-state index is -0.372. The fourth-order valence-corrected chi connectivity index (χ4v) is 2.04. The van der Waals surface area contributed by atoms with Gasteiger partial charge in [0.15, 0.2) is 0 Å². The van der Waals surface area contributed by atoms with Gasteiger partial charge in [0.25, 0.3) is 5.91 Å². The standard InChI is InChI=1S/C13H15N3O2/c1-2-9-6-12(17)16(8-9)11-5-3-4-10(7-11)13(18)15-14/h2-5,7,9H,1,6,8,14H2,(H,15,18). The monoisotopic (exact) mass is 245 g/mol. The largest absolute Gasteiger partial charge is 0.312 e. The molecule has 3 N–H and O–H groups in total. The molecule has 1 aromatic carbocycles. The zero-order chi connectivity index (χ0) is 13.1. The molecule has 18 heavy (non-hydrogen) atoms. The van der Waals surface area contributed by atoms with E-state index in [1.807, 2.05) is 0 Å². The second-order valence-electron chi connectivity index (χ2n) is 4.23. The minimum absolute atomic E-state index is 0.0465. The highest BCUT2D eigenvalue weighted by molar-refractivity contribution is 5.99. The van der Waals surface area contributed by atoms with Crippen molar-refractivity contribution in [3.05, 3.63) is 42.5 Å². The summed E-state index contributed by atoms with van der Waals surface area (Å²) in [4.78, 5) is 24.9. The predicted octanol–water partition coefficient (Wildman–Crippen LogP) is 0.829. The number of nitrogen functional groups attached to an aromatic ring is 1. The van der Waals surface area contributed by atoms with Crippen LogP contribution in [0.3, 0.4) is 0 Å².